The van der Waals surface area contributed by atoms with Gasteiger partial charge in [-0.2, -0.15) is 24.9 Å². The van der Waals surface area contributed by atoms with E-state index in [0.29, 0.717) is 18.1 Å². The van der Waals surface area contributed by atoms with Crippen LogP contribution in [0, 0.1) is 5.41 Å². The summed E-state index contributed by atoms with van der Waals surface area (Å²) in [7, 11) is 0. The minimum atomic E-state index is -4.28. The molecule has 0 N–H and O–H groups in total. The van der Waals surface area contributed by atoms with E-state index in [-0.39, 0.29) is 6.10 Å². The number of ether oxygens (including phenoxy) is 1. The van der Waals surface area contributed by atoms with Crippen molar-refractivity contribution in [1.82, 2.24) is 4.90 Å². The number of halogens is 3. The molecule has 23 heavy (non-hydrogen) atoms. The summed E-state index contributed by atoms with van der Waals surface area (Å²) in [5.41, 5.74) is 0.797. The number of thioether (sulfide) groups is 1. The fraction of sp³-hybridized carbons (Fsp3) is 0.647. The van der Waals surface area contributed by atoms with Gasteiger partial charge in [0.15, 0.2) is 0 Å². The molecule has 0 bridgehead atoms. The van der Waals surface area contributed by atoms with Crippen molar-refractivity contribution in [3.05, 3.63) is 35.4 Å². The van der Waals surface area contributed by atoms with E-state index in [0.717, 1.165) is 37.2 Å². The molecule has 3 heterocycles. The summed E-state index contributed by atoms with van der Waals surface area (Å²) in [6.07, 6.45) is -2.19. The number of benzene rings is 1. The van der Waals surface area contributed by atoms with Crippen LogP contribution in [0.4, 0.5) is 13.2 Å². The molecule has 4 rings (SSSR count). The van der Waals surface area contributed by atoms with Gasteiger partial charge in [0.1, 0.15) is 0 Å². The zero-order valence-electron chi connectivity index (χ0n) is 12.8. The van der Waals surface area contributed by atoms with Crippen LogP contribution in [0.2, 0.25) is 0 Å². The third-order valence-corrected chi connectivity index (χ3v) is 7.02. The van der Waals surface area contributed by atoms with E-state index < -0.39 is 11.7 Å². The van der Waals surface area contributed by atoms with Crippen LogP contribution in [0.3, 0.4) is 0 Å². The zero-order chi connectivity index (χ0) is 16.1. The largest absolute Gasteiger partial charge is 0.416 e. The summed E-state index contributed by atoms with van der Waals surface area (Å²) in [5, 5.41) is 0. The quantitative estimate of drug-likeness (QED) is 0.806. The lowest BCUT2D eigenvalue weighted by molar-refractivity contribution is -0.137. The first kappa shape index (κ1) is 15.8. The highest BCUT2D eigenvalue weighted by Gasteiger charge is 2.46. The maximum Gasteiger partial charge on any atom is 0.416 e. The van der Waals surface area contributed by atoms with E-state index in [2.05, 4.69) is 4.90 Å². The maximum atomic E-state index is 12.6. The Bertz CT molecular complexity index is 570. The van der Waals surface area contributed by atoms with Gasteiger partial charge in [0.05, 0.1) is 18.3 Å². The molecule has 1 spiro atoms. The minimum Gasteiger partial charge on any atom is -0.372 e. The number of hydrogen-bond acceptors (Lipinski definition) is 3. The average Bonchev–Trinajstić information content (AvgIpc) is 3.13. The molecule has 3 saturated heterocycles. The standard InChI is InChI=1S/C17H20F3NOS/c18-17(19,20)13-3-1-12(2-4-13)15-7-14(8-22-15)21-6-5-16(9-21)10-23-11-16/h1-4,14-15H,5-11H2. The third-order valence-electron chi connectivity index (χ3n) is 5.39. The van der Waals surface area contributed by atoms with Crippen LogP contribution in [-0.4, -0.2) is 42.1 Å². The summed E-state index contributed by atoms with van der Waals surface area (Å²) in [6.45, 7) is 2.98. The van der Waals surface area contributed by atoms with Gasteiger partial charge in [-0.1, -0.05) is 12.1 Å². The summed E-state index contributed by atoms with van der Waals surface area (Å²) >= 11 is 2.03. The van der Waals surface area contributed by atoms with Gasteiger partial charge in [-0.25, -0.2) is 0 Å². The van der Waals surface area contributed by atoms with Crippen molar-refractivity contribution in [3.63, 3.8) is 0 Å². The van der Waals surface area contributed by atoms with Gasteiger partial charge in [0, 0.05) is 29.5 Å². The number of nitrogens with zero attached hydrogens (tertiary/aromatic N) is 1. The Morgan fingerprint density at radius 3 is 2.48 bits per heavy atom. The van der Waals surface area contributed by atoms with Gasteiger partial charge < -0.3 is 4.74 Å². The Labute approximate surface area is 138 Å². The first-order valence-corrected chi connectivity index (χ1v) is 9.21. The fourth-order valence-electron chi connectivity index (χ4n) is 3.89. The smallest absolute Gasteiger partial charge is 0.372 e. The molecule has 2 atom stereocenters. The van der Waals surface area contributed by atoms with Crippen LogP contribution in [0.5, 0.6) is 0 Å². The van der Waals surface area contributed by atoms with Crippen molar-refractivity contribution in [1.29, 1.82) is 0 Å². The van der Waals surface area contributed by atoms with E-state index in [1.165, 1.54) is 17.9 Å². The lowest BCUT2D eigenvalue weighted by Crippen LogP contribution is -2.41. The van der Waals surface area contributed by atoms with Crippen molar-refractivity contribution in [2.45, 2.75) is 31.2 Å². The van der Waals surface area contributed by atoms with Crippen molar-refractivity contribution < 1.29 is 17.9 Å². The highest BCUT2D eigenvalue weighted by atomic mass is 32.2. The molecular weight excluding hydrogens is 323 g/mol. The van der Waals surface area contributed by atoms with Crippen LogP contribution in [0.15, 0.2) is 24.3 Å². The third kappa shape index (κ3) is 3.01. The molecule has 126 valence electrons. The van der Waals surface area contributed by atoms with Gasteiger partial charge in [-0.3, -0.25) is 4.90 Å². The van der Waals surface area contributed by atoms with E-state index in [4.69, 9.17) is 4.74 Å². The highest BCUT2D eigenvalue weighted by Crippen LogP contribution is 2.46. The molecule has 1 aromatic carbocycles. The van der Waals surface area contributed by atoms with E-state index >= 15 is 0 Å². The number of alkyl halides is 3. The molecular formula is C17H20F3NOS. The van der Waals surface area contributed by atoms with E-state index in [9.17, 15) is 13.2 Å². The van der Waals surface area contributed by atoms with E-state index in [1.807, 2.05) is 11.8 Å². The molecule has 6 heteroatoms. The molecule has 3 aliphatic rings. The maximum absolute atomic E-state index is 12.6. The number of likely N-dealkylation sites (tertiary alicyclic amines) is 1. The summed E-state index contributed by atoms with van der Waals surface area (Å²) in [4.78, 5) is 2.53. The van der Waals surface area contributed by atoms with Crippen molar-refractivity contribution in [2.75, 3.05) is 31.2 Å². The second kappa shape index (κ2) is 5.67. The van der Waals surface area contributed by atoms with E-state index in [1.54, 1.807) is 12.1 Å². The topological polar surface area (TPSA) is 12.5 Å². The molecule has 0 aliphatic carbocycles. The van der Waals surface area contributed by atoms with Gasteiger partial charge in [0.25, 0.3) is 0 Å². The molecule has 0 saturated carbocycles. The molecule has 0 amide bonds. The molecule has 2 nitrogen and oxygen atoms in total. The predicted molar refractivity (Wildman–Crippen MR) is 84.5 cm³/mol. The lowest BCUT2D eigenvalue weighted by Gasteiger charge is -2.38. The fourth-order valence-corrected chi connectivity index (χ4v) is 5.14. The molecule has 0 aromatic heterocycles. The summed E-state index contributed by atoms with van der Waals surface area (Å²) < 4.78 is 43.8. The molecule has 3 fully saturated rings. The molecule has 1 aromatic rings. The number of hydrogen-bond donors (Lipinski definition) is 0. The number of rotatable bonds is 2. The van der Waals surface area contributed by atoms with Crippen molar-refractivity contribution in [2.24, 2.45) is 5.41 Å². The van der Waals surface area contributed by atoms with Gasteiger partial charge >= 0.3 is 6.18 Å². The monoisotopic (exact) mass is 343 g/mol. The van der Waals surface area contributed by atoms with Crippen LogP contribution >= 0.6 is 11.8 Å². The van der Waals surface area contributed by atoms with Crippen LogP contribution in [-0.2, 0) is 10.9 Å². The Hall–Kier alpha value is -0.720. The average molecular weight is 343 g/mol. The lowest BCUT2D eigenvalue weighted by atomic mass is 9.91. The van der Waals surface area contributed by atoms with Crippen molar-refractivity contribution in [3.8, 4) is 0 Å². The Balaban J connectivity index is 1.38. The zero-order valence-corrected chi connectivity index (χ0v) is 13.6. The van der Waals surface area contributed by atoms with Crippen molar-refractivity contribution >= 4 is 11.8 Å². The molecule has 2 unspecified atom stereocenters. The van der Waals surface area contributed by atoms with Gasteiger partial charge in [-0.15, -0.1) is 0 Å². The van der Waals surface area contributed by atoms with Crippen LogP contribution in [0.1, 0.15) is 30.1 Å². The Morgan fingerprint density at radius 1 is 1.17 bits per heavy atom. The first-order chi connectivity index (χ1) is 11.0. The molecule has 0 radical (unpaired) electrons. The van der Waals surface area contributed by atoms with Gasteiger partial charge in [0.2, 0.25) is 0 Å². The second-order valence-corrected chi connectivity index (χ2v) is 8.03. The summed E-state index contributed by atoms with van der Waals surface area (Å²) in [6, 6.07) is 5.84. The van der Waals surface area contributed by atoms with Crippen LogP contribution < -0.4 is 0 Å². The Kier molecular flexibility index (Phi) is 3.89. The minimum absolute atomic E-state index is 0.0744. The SMILES string of the molecule is FC(F)(F)c1ccc(C2CC(N3CCC4(CSC4)C3)CO2)cc1. The first-order valence-electron chi connectivity index (χ1n) is 8.06. The summed E-state index contributed by atoms with van der Waals surface area (Å²) in [5.74, 6) is 2.55. The van der Waals surface area contributed by atoms with Crippen LogP contribution in [0.25, 0.3) is 0 Å². The predicted octanol–water partition coefficient (Wildman–Crippen LogP) is 3.97. The highest BCUT2D eigenvalue weighted by molar-refractivity contribution is 8.00. The van der Waals surface area contributed by atoms with Gasteiger partial charge in [-0.05, 0) is 37.1 Å². The second-order valence-electron chi connectivity index (χ2n) is 7.04. The normalized spacial score (nSPS) is 30.7. The Morgan fingerprint density at radius 2 is 1.91 bits per heavy atom. The molecule has 3 aliphatic heterocycles.